The maximum Gasteiger partial charge on any atom is 0.243 e. The SMILES string of the molecule is C[C@@H](C(=O)NCCSCc1c(Cl)cccc1Cl)N(c1ccc2c(c1)OCCO2)S(C)(=O)=O. The number of sulfonamides is 1. The first kappa shape index (κ1) is 24.8. The summed E-state index contributed by atoms with van der Waals surface area (Å²) in [6, 6.07) is 9.22. The van der Waals surface area contributed by atoms with Gasteiger partial charge in [-0.25, -0.2) is 8.42 Å². The summed E-state index contributed by atoms with van der Waals surface area (Å²) in [5.41, 5.74) is 1.18. The van der Waals surface area contributed by atoms with Crippen LogP contribution >= 0.6 is 35.0 Å². The lowest BCUT2D eigenvalue weighted by Gasteiger charge is -2.29. The molecule has 0 aromatic heterocycles. The molecule has 1 amide bonds. The van der Waals surface area contributed by atoms with E-state index in [0.29, 0.717) is 58.5 Å². The zero-order valence-corrected chi connectivity index (χ0v) is 20.8. The van der Waals surface area contributed by atoms with Crippen LogP contribution in [0.25, 0.3) is 0 Å². The van der Waals surface area contributed by atoms with Gasteiger partial charge >= 0.3 is 0 Å². The average molecular weight is 519 g/mol. The summed E-state index contributed by atoms with van der Waals surface area (Å²) >= 11 is 13.9. The summed E-state index contributed by atoms with van der Waals surface area (Å²) in [4.78, 5) is 12.7. The van der Waals surface area contributed by atoms with E-state index < -0.39 is 22.0 Å². The van der Waals surface area contributed by atoms with E-state index in [4.69, 9.17) is 32.7 Å². The number of hydrogen-bond acceptors (Lipinski definition) is 6. The maximum atomic E-state index is 12.7. The normalized spacial score (nSPS) is 14.0. The van der Waals surface area contributed by atoms with Crippen molar-refractivity contribution in [3.8, 4) is 11.5 Å². The van der Waals surface area contributed by atoms with Crippen LogP contribution in [0.3, 0.4) is 0 Å². The van der Waals surface area contributed by atoms with Crippen LogP contribution in [0.1, 0.15) is 12.5 Å². The molecular formula is C21H24Cl2N2O5S2. The zero-order chi connectivity index (χ0) is 23.3. The molecule has 11 heteroatoms. The van der Waals surface area contributed by atoms with E-state index in [-0.39, 0.29) is 0 Å². The van der Waals surface area contributed by atoms with Crippen molar-refractivity contribution in [1.82, 2.24) is 5.32 Å². The van der Waals surface area contributed by atoms with E-state index in [0.717, 1.165) is 16.1 Å². The molecule has 1 aliphatic rings. The second-order valence-electron chi connectivity index (χ2n) is 7.11. The Morgan fingerprint density at radius 1 is 1.16 bits per heavy atom. The fourth-order valence-corrected chi connectivity index (χ4v) is 5.98. The molecule has 0 bridgehead atoms. The highest BCUT2D eigenvalue weighted by molar-refractivity contribution is 7.98. The Morgan fingerprint density at radius 2 is 1.81 bits per heavy atom. The predicted octanol–water partition coefficient (Wildman–Crippen LogP) is 3.97. The van der Waals surface area contributed by atoms with Crippen molar-refractivity contribution in [2.24, 2.45) is 0 Å². The van der Waals surface area contributed by atoms with Gasteiger partial charge in [0.2, 0.25) is 15.9 Å². The molecule has 0 radical (unpaired) electrons. The molecule has 0 aliphatic carbocycles. The number of carbonyl (C=O) groups is 1. The number of thioether (sulfide) groups is 1. The molecule has 1 atom stereocenters. The van der Waals surface area contributed by atoms with Gasteiger partial charge in [-0.15, -0.1) is 0 Å². The lowest BCUT2D eigenvalue weighted by Crippen LogP contribution is -2.48. The van der Waals surface area contributed by atoms with Crippen LogP contribution in [0.5, 0.6) is 11.5 Å². The number of nitrogens with zero attached hydrogens (tertiary/aromatic N) is 1. The van der Waals surface area contributed by atoms with Crippen molar-refractivity contribution in [1.29, 1.82) is 0 Å². The minimum atomic E-state index is -3.73. The predicted molar refractivity (Wildman–Crippen MR) is 130 cm³/mol. The standard InChI is InChI=1S/C21H24Cl2N2O5S2/c1-14(21(26)24-8-11-31-13-16-17(22)4-3-5-18(16)23)25(32(2,27)28)15-6-7-19-20(12-15)30-10-9-29-19/h3-7,12,14H,8-11,13H2,1-2H3,(H,24,26)/t14-/m0/s1. The van der Waals surface area contributed by atoms with Gasteiger partial charge in [-0.1, -0.05) is 29.3 Å². The monoisotopic (exact) mass is 518 g/mol. The zero-order valence-electron chi connectivity index (χ0n) is 17.6. The summed E-state index contributed by atoms with van der Waals surface area (Å²) in [5, 5.41) is 4.00. The van der Waals surface area contributed by atoms with Crippen LogP contribution in [0.2, 0.25) is 10.0 Å². The fraction of sp³-hybridized carbons (Fsp3) is 0.381. The molecule has 3 rings (SSSR count). The van der Waals surface area contributed by atoms with E-state index in [1.807, 2.05) is 0 Å². The van der Waals surface area contributed by atoms with Gasteiger partial charge in [-0.3, -0.25) is 9.10 Å². The van der Waals surface area contributed by atoms with E-state index in [1.54, 1.807) is 55.1 Å². The molecular weight excluding hydrogens is 495 g/mol. The van der Waals surface area contributed by atoms with Crippen molar-refractivity contribution < 1.29 is 22.7 Å². The van der Waals surface area contributed by atoms with Crippen LogP contribution < -0.4 is 19.1 Å². The fourth-order valence-electron chi connectivity index (χ4n) is 3.22. The highest BCUT2D eigenvalue weighted by atomic mass is 35.5. The molecule has 1 aliphatic heterocycles. The highest BCUT2D eigenvalue weighted by Gasteiger charge is 2.30. The van der Waals surface area contributed by atoms with Gasteiger partial charge in [-0.2, -0.15) is 11.8 Å². The molecule has 0 saturated carbocycles. The van der Waals surface area contributed by atoms with E-state index in [1.165, 1.54) is 0 Å². The first-order valence-electron chi connectivity index (χ1n) is 9.86. The molecule has 1 heterocycles. The number of anilines is 1. The third-order valence-corrected chi connectivity index (χ3v) is 7.66. The number of carbonyl (C=O) groups excluding carboxylic acids is 1. The van der Waals surface area contributed by atoms with Gasteiger partial charge in [0.05, 0.1) is 11.9 Å². The maximum absolute atomic E-state index is 12.7. The lowest BCUT2D eigenvalue weighted by atomic mass is 10.2. The van der Waals surface area contributed by atoms with Gasteiger partial charge in [0.25, 0.3) is 0 Å². The minimum absolute atomic E-state index is 0.335. The first-order valence-corrected chi connectivity index (χ1v) is 13.6. The number of ether oxygens (including phenoxy) is 2. The van der Waals surface area contributed by atoms with Gasteiger partial charge < -0.3 is 14.8 Å². The summed E-state index contributed by atoms with van der Waals surface area (Å²) in [7, 11) is -3.73. The van der Waals surface area contributed by atoms with Gasteiger partial charge in [0, 0.05) is 34.2 Å². The van der Waals surface area contributed by atoms with Crippen LogP contribution in [-0.4, -0.2) is 52.1 Å². The Hall–Kier alpha value is -1.81. The summed E-state index contributed by atoms with van der Waals surface area (Å²) in [6.07, 6.45) is 1.07. The topological polar surface area (TPSA) is 84.9 Å². The first-order chi connectivity index (χ1) is 15.2. The second kappa shape index (κ2) is 10.9. The number of benzene rings is 2. The second-order valence-corrected chi connectivity index (χ2v) is 10.9. The molecule has 0 spiro atoms. The molecule has 32 heavy (non-hydrogen) atoms. The summed E-state index contributed by atoms with van der Waals surface area (Å²) in [5.74, 6) is 1.81. The molecule has 1 N–H and O–H groups in total. The van der Waals surface area contributed by atoms with Gasteiger partial charge in [-0.05, 0) is 36.8 Å². The van der Waals surface area contributed by atoms with Crippen LogP contribution in [0.15, 0.2) is 36.4 Å². The molecule has 7 nitrogen and oxygen atoms in total. The molecule has 0 fully saturated rings. The van der Waals surface area contributed by atoms with Crippen molar-refractivity contribution in [2.45, 2.75) is 18.7 Å². The smallest absolute Gasteiger partial charge is 0.243 e. The van der Waals surface area contributed by atoms with E-state index >= 15 is 0 Å². The molecule has 2 aromatic rings. The third kappa shape index (κ3) is 6.15. The van der Waals surface area contributed by atoms with Crippen LogP contribution in [-0.2, 0) is 20.6 Å². The molecule has 0 saturated heterocycles. The third-order valence-electron chi connectivity index (χ3n) is 4.72. The Morgan fingerprint density at radius 3 is 2.47 bits per heavy atom. The lowest BCUT2D eigenvalue weighted by molar-refractivity contribution is -0.121. The van der Waals surface area contributed by atoms with E-state index in [2.05, 4.69) is 5.32 Å². The number of amides is 1. The minimum Gasteiger partial charge on any atom is -0.486 e. The summed E-state index contributed by atoms with van der Waals surface area (Å²) < 4.78 is 37.1. The van der Waals surface area contributed by atoms with Crippen molar-refractivity contribution in [3.63, 3.8) is 0 Å². The Balaban J connectivity index is 1.59. The van der Waals surface area contributed by atoms with E-state index in [9.17, 15) is 13.2 Å². The number of nitrogens with one attached hydrogen (secondary N) is 1. The number of hydrogen-bond donors (Lipinski definition) is 1. The Labute approximate surface area is 202 Å². The highest BCUT2D eigenvalue weighted by Crippen LogP contribution is 2.35. The largest absolute Gasteiger partial charge is 0.486 e. The molecule has 174 valence electrons. The van der Waals surface area contributed by atoms with Gasteiger partial charge in [0.15, 0.2) is 11.5 Å². The van der Waals surface area contributed by atoms with Crippen LogP contribution in [0, 0.1) is 0 Å². The number of rotatable bonds is 9. The van der Waals surface area contributed by atoms with Crippen molar-refractivity contribution in [3.05, 3.63) is 52.0 Å². The summed E-state index contributed by atoms with van der Waals surface area (Å²) in [6.45, 7) is 2.72. The van der Waals surface area contributed by atoms with Crippen LogP contribution in [0.4, 0.5) is 5.69 Å². The van der Waals surface area contributed by atoms with Crippen molar-refractivity contribution in [2.75, 3.05) is 36.1 Å². The van der Waals surface area contributed by atoms with Crippen molar-refractivity contribution >= 4 is 56.6 Å². The number of fused-ring (bicyclic) bond motifs is 1. The molecule has 0 unspecified atom stereocenters. The number of halogens is 2. The Bertz CT molecular complexity index is 1060. The molecule has 2 aromatic carbocycles. The average Bonchev–Trinajstić information content (AvgIpc) is 2.74. The van der Waals surface area contributed by atoms with Gasteiger partial charge in [0.1, 0.15) is 19.3 Å². The Kier molecular flexibility index (Phi) is 8.43. The quantitative estimate of drug-likeness (QED) is 0.505.